The molecule has 5 nitrogen and oxygen atoms in total. The van der Waals surface area contributed by atoms with Crippen molar-refractivity contribution < 1.29 is 8.42 Å². The van der Waals surface area contributed by atoms with Crippen LogP contribution in [0.1, 0.15) is 13.3 Å². The van der Waals surface area contributed by atoms with E-state index in [9.17, 15) is 8.42 Å². The molecule has 0 bridgehead atoms. The third kappa shape index (κ3) is 2.74. The average molecular weight is 179 g/mol. The van der Waals surface area contributed by atoms with Gasteiger partial charge in [-0.2, -0.15) is 13.1 Å². The largest absolute Gasteiger partial charge is 0.315 e. The molecule has 1 heterocycles. The van der Waals surface area contributed by atoms with Gasteiger partial charge in [0.15, 0.2) is 0 Å². The van der Waals surface area contributed by atoms with Crippen molar-refractivity contribution in [3.05, 3.63) is 0 Å². The minimum atomic E-state index is -3.56. The van der Waals surface area contributed by atoms with Gasteiger partial charge in [-0.15, -0.1) is 0 Å². The fourth-order valence-corrected chi connectivity index (χ4v) is 2.11. The number of hydrogen-bond acceptors (Lipinski definition) is 3. The third-order valence-corrected chi connectivity index (χ3v) is 2.53. The SMILES string of the molecule is CC1(NS(N)(=O)=O)CCNC1. The van der Waals surface area contributed by atoms with Crippen LogP contribution in [0.25, 0.3) is 0 Å². The molecule has 0 aromatic carbocycles. The van der Waals surface area contributed by atoms with E-state index in [1.807, 2.05) is 6.92 Å². The van der Waals surface area contributed by atoms with Crippen LogP contribution in [-0.2, 0) is 10.2 Å². The first-order valence-electron chi connectivity index (χ1n) is 3.44. The van der Waals surface area contributed by atoms with E-state index >= 15 is 0 Å². The Balaban J connectivity index is 2.60. The Morgan fingerprint density at radius 3 is 2.64 bits per heavy atom. The van der Waals surface area contributed by atoms with Crippen molar-refractivity contribution in [3.63, 3.8) is 0 Å². The molecule has 1 aliphatic rings. The molecule has 1 aliphatic heterocycles. The maximum Gasteiger partial charge on any atom is 0.274 e. The molecule has 1 atom stereocenters. The fourth-order valence-electron chi connectivity index (χ4n) is 1.25. The number of nitrogens with two attached hydrogens (primary N) is 1. The van der Waals surface area contributed by atoms with E-state index in [1.54, 1.807) is 0 Å². The van der Waals surface area contributed by atoms with E-state index < -0.39 is 15.7 Å². The van der Waals surface area contributed by atoms with Gasteiger partial charge < -0.3 is 5.32 Å². The smallest absolute Gasteiger partial charge is 0.274 e. The molecule has 0 radical (unpaired) electrons. The van der Waals surface area contributed by atoms with Gasteiger partial charge in [0, 0.05) is 12.1 Å². The van der Waals surface area contributed by atoms with Crippen LogP contribution >= 0.6 is 0 Å². The van der Waals surface area contributed by atoms with Crippen molar-refractivity contribution in [2.24, 2.45) is 5.14 Å². The Bertz CT molecular complexity index is 230. The Hall–Kier alpha value is -0.170. The molecule has 1 fully saturated rings. The molecule has 1 rings (SSSR count). The minimum Gasteiger partial charge on any atom is -0.315 e. The van der Waals surface area contributed by atoms with Gasteiger partial charge in [-0.3, -0.25) is 0 Å². The predicted octanol–water partition coefficient (Wildman–Crippen LogP) is -1.47. The maximum absolute atomic E-state index is 10.6. The minimum absolute atomic E-state index is 0.395. The molecular weight excluding hydrogens is 166 g/mol. The normalized spacial score (nSPS) is 32.5. The van der Waals surface area contributed by atoms with Crippen molar-refractivity contribution >= 4 is 10.2 Å². The molecule has 0 aromatic heterocycles. The highest BCUT2D eigenvalue weighted by Gasteiger charge is 2.31. The van der Waals surface area contributed by atoms with Gasteiger partial charge in [0.05, 0.1) is 0 Å². The zero-order valence-corrected chi connectivity index (χ0v) is 7.24. The van der Waals surface area contributed by atoms with E-state index in [0.29, 0.717) is 6.54 Å². The summed E-state index contributed by atoms with van der Waals surface area (Å²) in [6, 6.07) is 0. The summed E-state index contributed by atoms with van der Waals surface area (Å²) < 4.78 is 23.6. The maximum atomic E-state index is 10.6. The Morgan fingerprint density at radius 1 is 1.64 bits per heavy atom. The van der Waals surface area contributed by atoms with Crippen LogP contribution in [0.3, 0.4) is 0 Å². The lowest BCUT2D eigenvalue weighted by Crippen LogP contribution is -2.49. The van der Waals surface area contributed by atoms with Crippen LogP contribution in [-0.4, -0.2) is 27.0 Å². The summed E-state index contributed by atoms with van der Waals surface area (Å²) >= 11 is 0. The van der Waals surface area contributed by atoms with Crippen molar-refractivity contribution in [1.29, 1.82) is 0 Å². The summed E-state index contributed by atoms with van der Waals surface area (Å²) in [7, 11) is -3.56. The second kappa shape index (κ2) is 2.71. The van der Waals surface area contributed by atoms with E-state index in [1.165, 1.54) is 0 Å². The van der Waals surface area contributed by atoms with Gasteiger partial charge in [0.25, 0.3) is 10.2 Å². The molecule has 0 aliphatic carbocycles. The summed E-state index contributed by atoms with van der Waals surface area (Å²) in [4.78, 5) is 0. The number of nitrogens with one attached hydrogen (secondary N) is 2. The second-order valence-corrected chi connectivity index (χ2v) is 4.43. The second-order valence-electron chi connectivity index (χ2n) is 3.13. The average Bonchev–Trinajstić information content (AvgIpc) is 2.09. The zero-order valence-electron chi connectivity index (χ0n) is 6.42. The lowest BCUT2D eigenvalue weighted by atomic mass is 10.0. The topological polar surface area (TPSA) is 84.2 Å². The first kappa shape index (κ1) is 8.92. The van der Waals surface area contributed by atoms with Gasteiger partial charge in [-0.05, 0) is 19.9 Å². The quantitative estimate of drug-likeness (QED) is 0.484. The van der Waals surface area contributed by atoms with E-state index in [0.717, 1.165) is 13.0 Å². The molecule has 4 N–H and O–H groups in total. The monoisotopic (exact) mass is 179 g/mol. The highest BCUT2D eigenvalue weighted by atomic mass is 32.2. The molecule has 0 spiro atoms. The van der Waals surface area contributed by atoms with Crippen LogP contribution in [0.15, 0.2) is 0 Å². The summed E-state index contributed by atoms with van der Waals surface area (Å²) in [6.45, 7) is 3.31. The first-order chi connectivity index (χ1) is 4.91. The van der Waals surface area contributed by atoms with Crippen molar-refractivity contribution in [2.75, 3.05) is 13.1 Å². The van der Waals surface area contributed by atoms with Crippen LogP contribution in [0.4, 0.5) is 0 Å². The third-order valence-electron chi connectivity index (χ3n) is 1.76. The number of hydrogen-bond donors (Lipinski definition) is 3. The molecule has 0 amide bonds. The predicted molar refractivity (Wildman–Crippen MR) is 42.1 cm³/mol. The standard InChI is InChI=1S/C5H13N3O2S/c1-5(2-3-7-4-5)8-11(6,9)10/h7-8H,2-4H2,1H3,(H2,6,9,10). The van der Waals surface area contributed by atoms with Gasteiger partial charge in [-0.1, -0.05) is 0 Å². The molecule has 1 saturated heterocycles. The summed E-state index contributed by atoms with van der Waals surface area (Å²) in [6.07, 6.45) is 0.781. The first-order valence-corrected chi connectivity index (χ1v) is 4.98. The van der Waals surface area contributed by atoms with Crippen LogP contribution in [0, 0.1) is 0 Å². The fraction of sp³-hybridized carbons (Fsp3) is 1.00. The highest BCUT2D eigenvalue weighted by molar-refractivity contribution is 7.87. The lowest BCUT2D eigenvalue weighted by Gasteiger charge is -2.21. The van der Waals surface area contributed by atoms with Crippen molar-refractivity contribution in [3.8, 4) is 0 Å². The van der Waals surface area contributed by atoms with Crippen LogP contribution in [0.5, 0.6) is 0 Å². The summed E-state index contributed by atoms with van der Waals surface area (Å²) in [5.74, 6) is 0. The van der Waals surface area contributed by atoms with Gasteiger partial charge in [0.1, 0.15) is 0 Å². The molecule has 1 unspecified atom stereocenters. The molecule has 66 valence electrons. The Morgan fingerprint density at radius 2 is 2.27 bits per heavy atom. The Kier molecular flexibility index (Phi) is 2.19. The zero-order chi connectivity index (χ0) is 8.54. The molecule has 6 heteroatoms. The molecule has 0 saturated carbocycles. The van der Waals surface area contributed by atoms with Crippen molar-refractivity contribution in [1.82, 2.24) is 10.0 Å². The van der Waals surface area contributed by atoms with E-state index in [4.69, 9.17) is 5.14 Å². The summed E-state index contributed by atoms with van der Waals surface area (Å²) in [5, 5.41) is 7.89. The summed E-state index contributed by atoms with van der Waals surface area (Å²) in [5.41, 5.74) is -0.395. The van der Waals surface area contributed by atoms with E-state index in [2.05, 4.69) is 10.0 Å². The number of rotatable bonds is 2. The molecule has 0 aromatic rings. The van der Waals surface area contributed by atoms with Gasteiger partial charge >= 0.3 is 0 Å². The van der Waals surface area contributed by atoms with Crippen LogP contribution in [0.2, 0.25) is 0 Å². The lowest BCUT2D eigenvalue weighted by molar-refractivity contribution is 0.452. The highest BCUT2D eigenvalue weighted by Crippen LogP contribution is 2.13. The van der Waals surface area contributed by atoms with Gasteiger partial charge in [-0.25, -0.2) is 5.14 Å². The van der Waals surface area contributed by atoms with Crippen LogP contribution < -0.4 is 15.2 Å². The molecule has 11 heavy (non-hydrogen) atoms. The molecular formula is C5H13N3O2S. The van der Waals surface area contributed by atoms with Gasteiger partial charge in [0.2, 0.25) is 0 Å². The Labute approximate surface area is 66.5 Å². The van der Waals surface area contributed by atoms with Crippen molar-refractivity contribution in [2.45, 2.75) is 18.9 Å². The van der Waals surface area contributed by atoms with E-state index in [-0.39, 0.29) is 0 Å².